The molecule has 1 aromatic carbocycles. The molecule has 2 unspecified atom stereocenters. The molecule has 0 radical (unpaired) electrons. The number of nitrogens with one attached hydrogen (secondary N) is 1. The first-order chi connectivity index (χ1) is 10.1. The zero-order chi connectivity index (χ0) is 15.2. The van der Waals surface area contributed by atoms with Crippen molar-refractivity contribution in [2.24, 2.45) is 0 Å². The van der Waals surface area contributed by atoms with E-state index in [1.807, 2.05) is 0 Å². The Labute approximate surface area is 129 Å². The molecule has 21 heavy (non-hydrogen) atoms. The van der Waals surface area contributed by atoms with E-state index in [1.54, 1.807) is 0 Å². The summed E-state index contributed by atoms with van der Waals surface area (Å²) in [7, 11) is 2.07. The third-order valence-electron chi connectivity index (χ3n) is 4.27. The van der Waals surface area contributed by atoms with Crippen molar-refractivity contribution >= 4 is 0 Å². The van der Waals surface area contributed by atoms with Crippen molar-refractivity contribution < 1.29 is 4.74 Å². The van der Waals surface area contributed by atoms with Gasteiger partial charge in [-0.1, -0.05) is 29.3 Å². The summed E-state index contributed by atoms with van der Waals surface area (Å²) >= 11 is 0. The lowest BCUT2D eigenvalue weighted by Crippen LogP contribution is -2.33. The van der Waals surface area contributed by atoms with E-state index in [0.717, 1.165) is 39.1 Å². The number of rotatable bonds is 5. The van der Waals surface area contributed by atoms with E-state index in [2.05, 4.69) is 56.2 Å². The SMILES string of the molecule is CNC(CCN1CCCOC(C)C1)c1cc(C)cc(C)c1. The maximum Gasteiger partial charge on any atom is 0.0673 e. The highest BCUT2D eigenvalue weighted by atomic mass is 16.5. The number of nitrogens with zero attached hydrogens (tertiary/aromatic N) is 1. The predicted octanol–water partition coefficient (Wildman–Crippen LogP) is 3.06. The Hall–Kier alpha value is -0.900. The highest BCUT2D eigenvalue weighted by Gasteiger charge is 2.17. The van der Waals surface area contributed by atoms with E-state index in [0.29, 0.717) is 12.1 Å². The fourth-order valence-corrected chi connectivity index (χ4v) is 3.28. The molecule has 1 heterocycles. The van der Waals surface area contributed by atoms with Crippen LogP contribution in [0.5, 0.6) is 0 Å². The van der Waals surface area contributed by atoms with Crippen LogP contribution in [0.25, 0.3) is 0 Å². The van der Waals surface area contributed by atoms with Gasteiger partial charge in [0.05, 0.1) is 6.10 Å². The van der Waals surface area contributed by atoms with Crippen LogP contribution in [0.15, 0.2) is 18.2 Å². The molecule has 3 heteroatoms. The maximum absolute atomic E-state index is 5.72. The largest absolute Gasteiger partial charge is 0.377 e. The third-order valence-corrected chi connectivity index (χ3v) is 4.27. The monoisotopic (exact) mass is 290 g/mol. The number of aryl methyl sites for hydroxylation is 2. The van der Waals surface area contributed by atoms with Gasteiger partial charge >= 0.3 is 0 Å². The fraction of sp³-hybridized carbons (Fsp3) is 0.667. The predicted molar refractivity (Wildman–Crippen MR) is 88.8 cm³/mol. The third kappa shape index (κ3) is 5.10. The van der Waals surface area contributed by atoms with Crippen molar-refractivity contribution in [2.45, 2.75) is 45.8 Å². The molecule has 0 amide bonds. The van der Waals surface area contributed by atoms with Crippen molar-refractivity contribution in [1.29, 1.82) is 0 Å². The van der Waals surface area contributed by atoms with Crippen LogP contribution in [0.2, 0.25) is 0 Å². The lowest BCUT2D eigenvalue weighted by Gasteiger charge is -2.25. The van der Waals surface area contributed by atoms with Crippen LogP contribution in [0.4, 0.5) is 0 Å². The number of hydrogen-bond acceptors (Lipinski definition) is 3. The lowest BCUT2D eigenvalue weighted by molar-refractivity contribution is 0.0672. The van der Waals surface area contributed by atoms with Gasteiger partial charge in [-0.15, -0.1) is 0 Å². The maximum atomic E-state index is 5.72. The summed E-state index contributed by atoms with van der Waals surface area (Å²) in [6.07, 6.45) is 2.66. The molecule has 1 aliphatic rings. The van der Waals surface area contributed by atoms with E-state index >= 15 is 0 Å². The molecule has 0 saturated carbocycles. The smallest absolute Gasteiger partial charge is 0.0673 e. The molecule has 118 valence electrons. The number of benzene rings is 1. The quantitative estimate of drug-likeness (QED) is 0.902. The minimum atomic E-state index is 0.363. The molecule has 3 nitrogen and oxygen atoms in total. The Morgan fingerprint density at radius 2 is 2.00 bits per heavy atom. The van der Waals surface area contributed by atoms with Crippen molar-refractivity contribution in [3.05, 3.63) is 34.9 Å². The van der Waals surface area contributed by atoms with Gasteiger partial charge < -0.3 is 15.0 Å². The molecule has 1 aliphatic heterocycles. The van der Waals surface area contributed by atoms with E-state index in [4.69, 9.17) is 4.74 Å². The van der Waals surface area contributed by atoms with Crippen LogP contribution >= 0.6 is 0 Å². The van der Waals surface area contributed by atoms with Crippen LogP contribution in [-0.2, 0) is 4.74 Å². The van der Waals surface area contributed by atoms with E-state index in [-0.39, 0.29) is 0 Å². The zero-order valence-electron chi connectivity index (χ0n) is 14.0. The average Bonchev–Trinajstić information content (AvgIpc) is 2.63. The van der Waals surface area contributed by atoms with Gasteiger partial charge in [0.2, 0.25) is 0 Å². The summed E-state index contributed by atoms with van der Waals surface area (Å²) in [6, 6.07) is 7.29. The summed E-state index contributed by atoms with van der Waals surface area (Å²) in [5, 5.41) is 3.48. The van der Waals surface area contributed by atoms with E-state index in [1.165, 1.54) is 16.7 Å². The van der Waals surface area contributed by atoms with Gasteiger partial charge in [0.25, 0.3) is 0 Å². The molecule has 0 spiro atoms. The van der Waals surface area contributed by atoms with Crippen LogP contribution in [0.1, 0.15) is 42.5 Å². The molecule has 1 fully saturated rings. The molecular weight excluding hydrogens is 260 g/mol. The summed E-state index contributed by atoms with van der Waals surface area (Å²) in [5.41, 5.74) is 4.11. The lowest BCUT2D eigenvalue weighted by atomic mass is 9.99. The minimum absolute atomic E-state index is 0.363. The summed E-state index contributed by atoms with van der Waals surface area (Å²) in [5.74, 6) is 0. The highest BCUT2D eigenvalue weighted by molar-refractivity contribution is 5.30. The summed E-state index contributed by atoms with van der Waals surface area (Å²) in [4.78, 5) is 2.55. The van der Waals surface area contributed by atoms with E-state index in [9.17, 15) is 0 Å². The van der Waals surface area contributed by atoms with Crippen LogP contribution < -0.4 is 5.32 Å². The molecule has 0 aromatic heterocycles. The average molecular weight is 290 g/mol. The summed E-state index contributed by atoms with van der Waals surface area (Å²) < 4.78 is 5.72. The van der Waals surface area contributed by atoms with Gasteiger partial charge in [0.1, 0.15) is 0 Å². The molecule has 1 aromatic rings. The second-order valence-corrected chi connectivity index (χ2v) is 6.39. The molecule has 1 N–H and O–H groups in total. The Morgan fingerprint density at radius 3 is 2.67 bits per heavy atom. The van der Waals surface area contributed by atoms with E-state index < -0.39 is 0 Å². The highest BCUT2D eigenvalue weighted by Crippen LogP contribution is 2.20. The van der Waals surface area contributed by atoms with Crippen LogP contribution in [0.3, 0.4) is 0 Å². The van der Waals surface area contributed by atoms with Crippen molar-refractivity contribution in [2.75, 3.05) is 33.3 Å². The second-order valence-electron chi connectivity index (χ2n) is 6.39. The fourth-order valence-electron chi connectivity index (χ4n) is 3.28. The van der Waals surface area contributed by atoms with Crippen molar-refractivity contribution in [1.82, 2.24) is 10.2 Å². The van der Waals surface area contributed by atoms with Gasteiger partial charge in [-0.2, -0.15) is 0 Å². The van der Waals surface area contributed by atoms with Crippen molar-refractivity contribution in [3.63, 3.8) is 0 Å². The first-order valence-corrected chi connectivity index (χ1v) is 8.18. The standard InChI is InChI=1S/C18H30N2O/c1-14-10-15(2)12-17(11-14)18(19-4)6-8-20-7-5-9-21-16(3)13-20/h10-12,16,18-19H,5-9,13H2,1-4H3. The molecule has 2 atom stereocenters. The van der Waals surface area contributed by atoms with Gasteiger partial charge in [-0.25, -0.2) is 0 Å². The first-order valence-electron chi connectivity index (χ1n) is 8.18. The van der Waals surface area contributed by atoms with Gasteiger partial charge in [-0.05, 0) is 46.2 Å². The molecule has 0 aliphatic carbocycles. The van der Waals surface area contributed by atoms with Gasteiger partial charge in [0.15, 0.2) is 0 Å². The second kappa shape index (κ2) is 7.92. The summed E-state index contributed by atoms with van der Waals surface area (Å²) in [6.45, 7) is 10.8. The molecule has 1 saturated heterocycles. The normalized spacial score (nSPS) is 22.0. The number of hydrogen-bond donors (Lipinski definition) is 1. The minimum Gasteiger partial charge on any atom is -0.377 e. The molecule has 2 rings (SSSR count). The zero-order valence-corrected chi connectivity index (χ0v) is 14.0. The van der Waals surface area contributed by atoms with Gasteiger partial charge in [-0.3, -0.25) is 0 Å². The topological polar surface area (TPSA) is 24.5 Å². The number of ether oxygens (including phenoxy) is 1. The van der Waals surface area contributed by atoms with Crippen LogP contribution in [0, 0.1) is 13.8 Å². The van der Waals surface area contributed by atoms with Crippen molar-refractivity contribution in [3.8, 4) is 0 Å². The van der Waals surface area contributed by atoms with Gasteiger partial charge in [0, 0.05) is 32.3 Å². The Morgan fingerprint density at radius 1 is 1.29 bits per heavy atom. The Balaban J connectivity index is 1.95. The first kappa shape index (κ1) is 16.5. The Bertz CT molecular complexity index is 427. The molecular formula is C18H30N2O. The Kier molecular flexibility index (Phi) is 6.22. The molecule has 0 bridgehead atoms. The van der Waals surface area contributed by atoms with Crippen LogP contribution in [-0.4, -0.2) is 44.3 Å².